The molecule has 4 heterocycles. The maximum absolute atomic E-state index is 14.3. The Hall–Kier alpha value is -9.04. The summed E-state index contributed by atoms with van der Waals surface area (Å²) >= 11 is 0. The predicted octanol–water partition coefficient (Wildman–Crippen LogP) is 6.32. The molecule has 4 aromatic heterocycles. The van der Waals surface area contributed by atoms with E-state index in [1.165, 1.54) is 99.6 Å². The van der Waals surface area contributed by atoms with Crippen molar-refractivity contribution in [1.29, 1.82) is 0 Å². The first-order valence-electron chi connectivity index (χ1n) is 26.4. The van der Waals surface area contributed by atoms with Crippen molar-refractivity contribution in [3.63, 3.8) is 0 Å². The number of aromatic amines is 2. The first-order valence-corrected chi connectivity index (χ1v) is 30.1. The third-order valence-corrected chi connectivity index (χ3v) is 14.3. The maximum atomic E-state index is 14.3. The molecule has 88 heavy (non-hydrogen) atoms. The molecule has 0 amide bonds. The third kappa shape index (κ3) is 15.4. The number of nitrogens with one attached hydrogen (secondary N) is 2. The van der Waals surface area contributed by atoms with E-state index in [4.69, 9.17) is 89.4 Å². The molecule has 0 aliphatic heterocycles. The summed E-state index contributed by atoms with van der Waals surface area (Å²) in [6, 6.07) is 9.35. The SMILES string of the molecule is COCOc1cc2[nH]cc(-c3coc4cc(OCOC)c(OCOC)c(C(=O)OCC[Si](C)(C)C)c4c3=O)c(=O)c2cc1OCOC.COCOc1cc2[nH]cc(-c3coc4cc(OCOC)c(OCOC)c(C(=O)[O-])c4c3=O)c(=O)c2cc1OCOC. The quantitative estimate of drug-likeness (QED) is 0.0272. The number of hydrogen-bond acceptors (Lipinski definition) is 26. The second kappa shape index (κ2) is 31.0. The lowest BCUT2D eigenvalue weighted by atomic mass is 10.0. The molecule has 0 unspecified atom stereocenters. The Labute approximate surface area is 501 Å². The number of benzene rings is 4. The van der Waals surface area contributed by atoms with Crippen molar-refractivity contribution in [1.82, 2.24) is 9.97 Å². The lowest BCUT2D eigenvalue weighted by Gasteiger charge is -2.19. The number of fused-ring (bicyclic) bond motifs is 4. The Morgan fingerprint density at radius 3 is 1.15 bits per heavy atom. The van der Waals surface area contributed by atoms with Crippen LogP contribution in [-0.4, -0.2) is 148 Å². The number of ether oxygens (including phenoxy) is 17. The lowest BCUT2D eigenvalue weighted by Crippen LogP contribution is -2.26. The number of esters is 1. The minimum atomic E-state index is -1.75. The zero-order valence-corrected chi connectivity index (χ0v) is 51.0. The molecule has 0 aliphatic rings. The van der Waals surface area contributed by atoms with Crippen molar-refractivity contribution < 1.29 is 104 Å². The highest BCUT2D eigenvalue weighted by Gasteiger charge is 2.30. The number of carboxylic acid groups (broad SMARTS) is 1. The van der Waals surface area contributed by atoms with Gasteiger partial charge in [0.1, 0.15) is 29.3 Å². The smallest absolute Gasteiger partial charge is 0.342 e. The van der Waals surface area contributed by atoms with Crippen LogP contribution in [0.4, 0.5) is 0 Å². The highest BCUT2D eigenvalue weighted by atomic mass is 28.3. The van der Waals surface area contributed by atoms with Gasteiger partial charge in [0, 0.05) is 102 Å². The van der Waals surface area contributed by atoms with Gasteiger partial charge in [-0.05, 0) is 18.2 Å². The average Bonchev–Trinajstić information content (AvgIpc) is 1.41. The summed E-state index contributed by atoms with van der Waals surface area (Å²) in [6.07, 6.45) is 4.88. The Morgan fingerprint density at radius 1 is 0.443 bits per heavy atom. The molecule has 0 atom stereocenters. The minimum Gasteiger partial charge on any atom is -0.545 e. The van der Waals surface area contributed by atoms with Gasteiger partial charge in [-0.1, -0.05) is 19.6 Å². The molecule has 0 fully saturated rings. The summed E-state index contributed by atoms with van der Waals surface area (Å²) in [5.74, 6) is -2.06. The maximum Gasteiger partial charge on any atom is 0.342 e. The van der Waals surface area contributed by atoms with Gasteiger partial charge in [0.15, 0.2) is 111 Å². The molecule has 0 radical (unpaired) electrons. The van der Waals surface area contributed by atoms with Crippen molar-refractivity contribution in [2.45, 2.75) is 25.7 Å². The van der Waals surface area contributed by atoms with Gasteiger partial charge < -0.3 is 109 Å². The van der Waals surface area contributed by atoms with Crippen LogP contribution in [0.2, 0.25) is 25.7 Å². The number of hydrogen-bond donors (Lipinski definition) is 2. The molecular weight excluding hydrogens is 1180 g/mol. The van der Waals surface area contributed by atoms with E-state index in [1.807, 2.05) is 0 Å². The summed E-state index contributed by atoms with van der Waals surface area (Å²) in [5, 5.41) is 12.1. The fraction of sp³-hybridized carbons (Fsp3) is 0.356. The van der Waals surface area contributed by atoms with Crippen molar-refractivity contribution >= 4 is 63.8 Å². The molecular formula is C59H65N2O26Si-. The number of carboxylic acids is 1. The van der Waals surface area contributed by atoms with Gasteiger partial charge in [-0.15, -0.1) is 0 Å². The number of methoxy groups -OCH3 is 8. The second-order valence-corrected chi connectivity index (χ2v) is 25.4. The molecule has 0 aliphatic carbocycles. The van der Waals surface area contributed by atoms with Crippen LogP contribution in [0.1, 0.15) is 20.7 Å². The van der Waals surface area contributed by atoms with E-state index in [0.29, 0.717) is 22.8 Å². The van der Waals surface area contributed by atoms with Gasteiger partial charge >= 0.3 is 5.97 Å². The van der Waals surface area contributed by atoms with Crippen molar-refractivity contribution in [2.24, 2.45) is 0 Å². The van der Waals surface area contributed by atoms with E-state index in [9.17, 15) is 33.9 Å². The van der Waals surface area contributed by atoms with Gasteiger partial charge in [-0.2, -0.15) is 0 Å². The zero-order valence-electron chi connectivity index (χ0n) is 50.0. The monoisotopic (exact) mass is 1250 g/mol. The van der Waals surface area contributed by atoms with E-state index in [1.54, 1.807) is 6.07 Å². The first-order chi connectivity index (χ1) is 42.4. The lowest BCUT2D eigenvalue weighted by molar-refractivity contribution is -0.255. The van der Waals surface area contributed by atoms with Gasteiger partial charge in [0.2, 0.25) is 10.9 Å². The average molecular weight is 1250 g/mol. The number of aromatic nitrogens is 2. The highest BCUT2D eigenvalue weighted by Crippen LogP contribution is 2.41. The highest BCUT2D eigenvalue weighted by molar-refractivity contribution is 6.76. The number of carbonyl (C=O) groups is 2. The minimum absolute atomic E-state index is 0.000769. The molecule has 0 saturated carbocycles. The van der Waals surface area contributed by atoms with Crippen molar-refractivity contribution in [3.05, 3.63) is 113 Å². The summed E-state index contributed by atoms with van der Waals surface area (Å²) in [4.78, 5) is 87.5. The first kappa shape index (κ1) is 66.5. The van der Waals surface area contributed by atoms with Crippen LogP contribution in [-0.2, 0) is 42.6 Å². The molecule has 28 nitrogen and oxygen atoms in total. The summed E-state index contributed by atoms with van der Waals surface area (Å²) in [5.41, 5.74) is -3.29. The molecule has 2 N–H and O–H groups in total. The van der Waals surface area contributed by atoms with Crippen LogP contribution >= 0.6 is 0 Å². The fourth-order valence-electron chi connectivity index (χ4n) is 8.55. The van der Waals surface area contributed by atoms with Crippen LogP contribution in [0.5, 0.6) is 46.0 Å². The van der Waals surface area contributed by atoms with Crippen LogP contribution < -0.4 is 64.7 Å². The molecule has 29 heteroatoms. The molecule has 0 spiro atoms. The number of carbonyl (C=O) groups excluding carboxylic acids is 2. The Bertz CT molecular complexity index is 4020. The van der Waals surface area contributed by atoms with E-state index in [0.717, 1.165) is 12.5 Å². The number of rotatable bonds is 31. The normalized spacial score (nSPS) is 11.4. The molecule has 472 valence electrons. The summed E-state index contributed by atoms with van der Waals surface area (Å²) in [6.45, 7) is 5.08. The fourth-order valence-corrected chi connectivity index (χ4v) is 9.27. The van der Waals surface area contributed by atoms with Gasteiger partial charge in [0.05, 0.1) is 73.0 Å². The Balaban J connectivity index is 0.000000253. The molecule has 8 aromatic rings. The number of H-pyrrole nitrogens is 2. The van der Waals surface area contributed by atoms with Gasteiger partial charge in [-0.25, -0.2) is 4.79 Å². The van der Waals surface area contributed by atoms with Crippen molar-refractivity contribution in [2.75, 3.05) is 118 Å². The summed E-state index contributed by atoms with van der Waals surface area (Å²) < 4.78 is 102. The van der Waals surface area contributed by atoms with Crippen molar-refractivity contribution in [3.8, 4) is 68.2 Å². The van der Waals surface area contributed by atoms with E-state index in [2.05, 4.69) is 29.6 Å². The second-order valence-electron chi connectivity index (χ2n) is 19.8. The molecule has 4 aromatic carbocycles. The van der Waals surface area contributed by atoms with Crippen LogP contribution in [0.25, 0.3) is 66.0 Å². The van der Waals surface area contributed by atoms with E-state index >= 15 is 0 Å². The number of aromatic carboxylic acids is 1. The van der Waals surface area contributed by atoms with Gasteiger partial charge in [-0.3, -0.25) is 19.2 Å². The predicted molar refractivity (Wildman–Crippen MR) is 315 cm³/mol. The Kier molecular flexibility index (Phi) is 23.5. The van der Waals surface area contributed by atoms with Crippen LogP contribution in [0.3, 0.4) is 0 Å². The molecule has 0 bridgehead atoms. The number of pyridine rings is 2. The topological polar surface area (TPSA) is 340 Å². The third-order valence-electron chi connectivity index (χ3n) is 12.6. The Morgan fingerprint density at radius 2 is 0.784 bits per heavy atom. The molecule has 0 saturated heterocycles. The van der Waals surface area contributed by atoms with E-state index in [-0.39, 0.29) is 156 Å². The van der Waals surface area contributed by atoms with Gasteiger partial charge in [0.25, 0.3) is 0 Å². The van der Waals surface area contributed by atoms with Crippen LogP contribution in [0, 0.1) is 0 Å². The van der Waals surface area contributed by atoms with Crippen LogP contribution in [0.15, 0.2) is 89.3 Å². The largest absolute Gasteiger partial charge is 0.545 e. The molecule has 8 rings (SSSR count). The zero-order chi connectivity index (χ0) is 63.7. The standard InChI is InChI=1S/C32H39NO13Si.C27H27NO13/c1-37-15-43-23-10-19-22(11-24(23)44-16-38-2)33-13-20(29(19)34)21-14-42-25-12-26(45-17-39-3)31(46-18-40-4)28(27(25)30(21)35)32(36)41-8-9-47(5,6)7;1-33-10-38-18-5-14-17(6-19(18)39-11-34-2)28-8-15(24(14)29)16-9-37-20-7-21(40-12-35-3)26(41-13-36-4)23(27(31)32)22(20)25(16)30/h10-14H,8-9,15-18H2,1-7H3,(H,33,34);5-9H,10-13H2,1-4H3,(H,28,29)(H,31,32)/p-1. The summed E-state index contributed by atoms with van der Waals surface area (Å²) in [7, 11) is 9.75. The van der Waals surface area contributed by atoms with E-state index < -0.39 is 52.7 Å².